The minimum absolute atomic E-state index is 0.207. The predicted octanol–water partition coefficient (Wildman–Crippen LogP) is 9.51. The Balaban J connectivity index is 0.000000202. The Labute approximate surface area is 487 Å². The average Bonchev–Trinajstić information content (AvgIpc) is 4.61. The van der Waals surface area contributed by atoms with Crippen LogP contribution in [0, 0.1) is 0 Å². The molecule has 432 valence electrons. The van der Waals surface area contributed by atoms with E-state index < -0.39 is 0 Å². The minimum atomic E-state index is 0.207. The van der Waals surface area contributed by atoms with Crippen molar-refractivity contribution >= 4 is 46.5 Å². The lowest BCUT2D eigenvalue weighted by Crippen LogP contribution is -2.32. The predicted molar refractivity (Wildman–Crippen MR) is 309 cm³/mol. The summed E-state index contributed by atoms with van der Waals surface area (Å²) in [5.74, 6) is 5.15. The fraction of sp³-hybridized carbons (Fsp3) is 0.300. The SMILES string of the molecule is COc1ccc(N=Nc2n(CCCn3cc[n+](CCCn4cc[n+](C)c4N=Nc4ccc(OC)cc4)c3)cc[n+]2C)cc1.C[n+]1ccn(CCCn2cc[n+](CCCn3cc[n+](C)c3N=Nc3ccc(O)cc3)c2)c1N=Nc1ccc(O)cc1. The summed E-state index contributed by atoms with van der Waals surface area (Å²) in [6, 6.07) is 28.4. The highest BCUT2D eigenvalue weighted by atomic mass is 16.5. The monoisotopic (exact) mass is 1140 g/mol. The van der Waals surface area contributed by atoms with Gasteiger partial charge in [-0.25, -0.2) is 54.8 Å². The van der Waals surface area contributed by atoms with E-state index in [1.54, 1.807) is 62.8 Å². The number of aromatic hydroxyl groups is 2. The van der Waals surface area contributed by atoms with Gasteiger partial charge in [0.2, 0.25) is 12.7 Å². The van der Waals surface area contributed by atoms with Crippen molar-refractivity contribution < 1.29 is 47.1 Å². The number of nitrogens with zero attached hydrogens (tertiary/aromatic N) is 20. The summed E-state index contributed by atoms with van der Waals surface area (Å²) in [6.07, 6.45) is 32.7. The summed E-state index contributed by atoms with van der Waals surface area (Å²) in [7, 11) is 11.2. The molecule has 0 aliphatic rings. The largest absolute Gasteiger partial charge is 0.508 e. The van der Waals surface area contributed by atoms with Gasteiger partial charge in [-0.1, -0.05) is 20.5 Å². The van der Waals surface area contributed by atoms with E-state index in [2.05, 4.69) is 115 Å². The van der Waals surface area contributed by atoms with E-state index in [-0.39, 0.29) is 11.5 Å². The Bertz CT molecular complexity index is 3550. The molecule has 0 aliphatic carbocycles. The number of aromatic nitrogens is 12. The number of imidazole rings is 6. The Kier molecular flexibility index (Phi) is 20.1. The summed E-state index contributed by atoms with van der Waals surface area (Å²) in [5, 5.41) is 54.2. The molecule has 0 spiro atoms. The van der Waals surface area contributed by atoms with Crippen molar-refractivity contribution in [2.24, 2.45) is 69.1 Å². The Morgan fingerprint density at radius 1 is 0.345 bits per heavy atom. The number of aryl methyl sites for hydroxylation is 12. The zero-order valence-corrected chi connectivity index (χ0v) is 48.5. The van der Waals surface area contributed by atoms with Crippen LogP contribution < -0.4 is 36.9 Å². The third kappa shape index (κ3) is 16.4. The highest BCUT2D eigenvalue weighted by Gasteiger charge is 2.19. The molecule has 0 atom stereocenters. The molecule has 6 heterocycles. The van der Waals surface area contributed by atoms with Crippen molar-refractivity contribution in [1.82, 2.24) is 27.4 Å². The molecule has 0 fully saturated rings. The van der Waals surface area contributed by atoms with Gasteiger partial charge in [0.05, 0.1) is 144 Å². The first kappa shape index (κ1) is 58.4. The fourth-order valence-electron chi connectivity index (χ4n) is 9.12. The van der Waals surface area contributed by atoms with Crippen LogP contribution in [-0.4, -0.2) is 51.8 Å². The maximum absolute atomic E-state index is 9.45. The molecular weight excluding hydrogens is 1060 g/mol. The van der Waals surface area contributed by atoms with Crippen molar-refractivity contribution in [3.8, 4) is 23.0 Å². The quantitative estimate of drug-likeness (QED) is 0.0401. The van der Waals surface area contributed by atoms with E-state index >= 15 is 0 Å². The normalized spacial score (nSPS) is 11.7. The number of hydrogen-bond donors (Lipinski definition) is 2. The van der Waals surface area contributed by atoms with Crippen LogP contribution >= 0.6 is 0 Å². The number of azo groups is 4. The van der Waals surface area contributed by atoms with Crippen LogP contribution in [-0.2, 0) is 80.5 Å². The van der Waals surface area contributed by atoms with Crippen LogP contribution in [0.3, 0.4) is 0 Å². The number of phenols is 2. The van der Waals surface area contributed by atoms with E-state index in [0.717, 1.165) is 125 Å². The van der Waals surface area contributed by atoms with Gasteiger partial charge in [0.1, 0.15) is 70.5 Å². The number of benzene rings is 4. The molecule has 4 aromatic carbocycles. The van der Waals surface area contributed by atoms with E-state index in [9.17, 15) is 10.2 Å². The molecule has 0 radical (unpaired) electrons. The maximum atomic E-state index is 9.45. The van der Waals surface area contributed by atoms with Gasteiger partial charge in [0, 0.05) is 46.1 Å². The van der Waals surface area contributed by atoms with E-state index in [1.165, 1.54) is 0 Å². The molecule has 10 rings (SSSR count). The summed E-state index contributed by atoms with van der Waals surface area (Å²) >= 11 is 0. The smallest absolute Gasteiger partial charge is 0.421 e. The zero-order valence-electron chi connectivity index (χ0n) is 48.5. The lowest BCUT2D eigenvalue weighted by atomic mass is 10.3. The first-order valence-corrected chi connectivity index (χ1v) is 27.8. The third-order valence-corrected chi connectivity index (χ3v) is 13.8. The lowest BCUT2D eigenvalue weighted by Gasteiger charge is -2.00. The second-order valence-corrected chi connectivity index (χ2v) is 20.0. The molecule has 24 heteroatoms. The molecule has 0 bridgehead atoms. The van der Waals surface area contributed by atoms with Crippen molar-refractivity contribution in [3.63, 3.8) is 0 Å². The van der Waals surface area contributed by atoms with E-state index in [0.29, 0.717) is 11.4 Å². The van der Waals surface area contributed by atoms with Crippen LogP contribution in [0.25, 0.3) is 0 Å². The van der Waals surface area contributed by atoms with Crippen LogP contribution in [0.5, 0.6) is 23.0 Å². The number of rotatable bonds is 26. The number of phenolic OH excluding ortho intramolecular Hbond substituents is 2. The van der Waals surface area contributed by atoms with Gasteiger partial charge in [0.25, 0.3) is 0 Å². The van der Waals surface area contributed by atoms with Crippen molar-refractivity contribution in [2.45, 2.75) is 78.0 Å². The minimum Gasteiger partial charge on any atom is -0.508 e. The molecule has 0 aliphatic heterocycles. The molecule has 0 unspecified atom stereocenters. The summed E-state index contributed by atoms with van der Waals surface area (Å²) in [6.45, 7) is 6.91. The number of ether oxygens (including phenoxy) is 2. The molecule has 0 saturated heterocycles. The molecule has 24 nitrogen and oxygen atoms in total. The van der Waals surface area contributed by atoms with E-state index in [4.69, 9.17) is 9.47 Å². The van der Waals surface area contributed by atoms with Crippen molar-refractivity contribution in [2.75, 3.05) is 14.2 Å². The number of hydrogen-bond acceptors (Lipinski definition) is 12. The van der Waals surface area contributed by atoms with Gasteiger partial charge in [-0.05, 0) is 97.1 Å². The zero-order chi connectivity index (χ0) is 58.6. The first-order chi connectivity index (χ1) is 41.0. The van der Waals surface area contributed by atoms with Gasteiger partial charge < -0.3 is 19.7 Å². The van der Waals surface area contributed by atoms with Crippen LogP contribution in [0.2, 0.25) is 0 Å². The van der Waals surface area contributed by atoms with Crippen LogP contribution in [0.15, 0.2) is 225 Å². The average molecular weight is 1140 g/mol. The first-order valence-electron chi connectivity index (χ1n) is 27.8. The van der Waals surface area contributed by atoms with Crippen LogP contribution in [0.1, 0.15) is 25.7 Å². The third-order valence-electron chi connectivity index (χ3n) is 13.8. The molecule has 0 amide bonds. The van der Waals surface area contributed by atoms with E-state index in [1.807, 2.05) is 145 Å². The fourth-order valence-corrected chi connectivity index (χ4v) is 9.12. The Morgan fingerprint density at radius 3 is 0.929 bits per heavy atom. The van der Waals surface area contributed by atoms with Crippen LogP contribution in [0.4, 0.5) is 46.5 Å². The van der Waals surface area contributed by atoms with Crippen molar-refractivity contribution in [3.05, 3.63) is 184 Å². The highest BCUT2D eigenvalue weighted by molar-refractivity contribution is 5.43. The van der Waals surface area contributed by atoms with Gasteiger partial charge in [-0.3, -0.25) is 0 Å². The molecule has 6 aromatic heterocycles. The van der Waals surface area contributed by atoms with Gasteiger partial charge >= 0.3 is 23.8 Å². The summed E-state index contributed by atoms with van der Waals surface area (Å²) < 4.78 is 35.6. The summed E-state index contributed by atoms with van der Waals surface area (Å²) in [5.41, 5.74) is 2.94. The molecular formula is C60H74N20O4+6. The topological polar surface area (TPSA) is 211 Å². The van der Waals surface area contributed by atoms with Crippen molar-refractivity contribution in [1.29, 1.82) is 0 Å². The maximum Gasteiger partial charge on any atom is 0.421 e. The van der Waals surface area contributed by atoms with Gasteiger partial charge in [-0.15, -0.1) is 0 Å². The van der Waals surface area contributed by atoms with Gasteiger partial charge in [-0.2, -0.15) is 0 Å². The standard InChI is InChI=1S/C31H39N10O2.C29H33N10O2/c1-36-19-23-40(30(36)34-32-26-7-11-28(42-3)12-8-26)17-5-15-38-21-22-39(25-38)16-6-18-41-24-20-37(2)31(41)35-33-27-9-13-29(43-4)14-10-27;1-34-17-21-38(28(34)32-30-24-5-9-26(40)10-6-24)15-3-13-36-19-20-37(23-36)14-4-16-39-22-18-35(2)29(39)33-31-25-7-11-27(41)12-8-25/h7-14,19-25H,5-6,15-18H2,1-4H3;5-12,17-23H,3-4,13-16H2,1-2H3/q+3;+1/p+2. The molecule has 10 aromatic rings. The highest BCUT2D eigenvalue weighted by Crippen LogP contribution is 2.24. The molecule has 0 saturated carbocycles. The van der Waals surface area contributed by atoms with Gasteiger partial charge in [0.15, 0.2) is 0 Å². The Morgan fingerprint density at radius 2 is 0.631 bits per heavy atom. The second-order valence-electron chi connectivity index (χ2n) is 20.0. The Hall–Kier alpha value is -10.3. The summed E-state index contributed by atoms with van der Waals surface area (Å²) in [4.78, 5) is 0. The molecule has 84 heavy (non-hydrogen) atoms. The second kappa shape index (κ2) is 28.9. The lowest BCUT2D eigenvalue weighted by molar-refractivity contribution is -0.697. The molecule has 2 N–H and O–H groups in total. The number of methoxy groups -OCH3 is 2.